The van der Waals surface area contributed by atoms with Crippen LogP contribution < -0.4 is 5.32 Å². The topological polar surface area (TPSA) is 59.8 Å². The van der Waals surface area contributed by atoms with E-state index in [1.54, 1.807) is 11.3 Å². The second-order valence-electron chi connectivity index (χ2n) is 7.36. The van der Waals surface area contributed by atoms with Gasteiger partial charge in [-0.3, -0.25) is 4.79 Å². The summed E-state index contributed by atoms with van der Waals surface area (Å²) < 4.78 is 2.33. The van der Waals surface area contributed by atoms with Crippen molar-refractivity contribution in [1.29, 1.82) is 0 Å². The molecular formula is C20H30N4OS2. The molecule has 0 aliphatic heterocycles. The summed E-state index contributed by atoms with van der Waals surface area (Å²) in [6.07, 6.45) is 9.13. The molecule has 27 heavy (non-hydrogen) atoms. The second kappa shape index (κ2) is 10.3. The maximum atomic E-state index is 12.3. The number of thiophene rings is 1. The summed E-state index contributed by atoms with van der Waals surface area (Å²) in [7, 11) is 0. The van der Waals surface area contributed by atoms with Crippen molar-refractivity contribution in [3.05, 3.63) is 28.2 Å². The van der Waals surface area contributed by atoms with E-state index in [0.29, 0.717) is 11.8 Å². The number of nitrogens with zero attached hydrogens (tertiary/aromatic N) is 3. The van der Waals surface area contributed by atoms with Crippen molar-refractivity contribution < 1.29 is 4.79 Å². The van der Waals surface area contributed by atoms with Gasteiger partial charge >= 0.3 is 0 Å². The molecule has 0 radical (unpaired) electrons. The largest absolute Gasteiger partial charge is 0.353 e. The molecule has 2 aromatic heterocycles. The minimum absolute atomic E-state index is 0.0824. The molecule has 7 heteroatoms. The number of rotatable bonds is 9. The van der Waals surface area contributed by atoms with Gasteiger partial charge in [0.15, 0.2) is 5.16 Å². The zero-order valence-electron chi connectivity index (χ0n) is 16.3. The van der Waals surface area contributed by atoms with Crippen LogP contribution in [0.4, 0.5) is 0 Å². The van der Waals surface area contributed by atoms with Crippen LogP contribution in [0.15, 0.2) is 22.7 Å². The Labute approximate surface area is 170 Å². The van der Waals surface area contributed by atoms with Crippen LogP contribution >= 0.6 is 23.1 Å². The minimum atomic E-state index is 0.0824. The molecule has 0 aromatic carbocycles. The van der Waals surface area contributed by atoms with Crippen LogP contribution in [0, 0.1) is 0 Å². The lowest BCUT2D eigenvalue weighted by Crippen LogP contribution is -2.33. The first-order valence-electron chi connectivity index (χ1n) is 10.1. The first-order valence-corrected chi connectivity index (χ1v) is 11.9. The summed E-state index contributed by atoms with van der Waals surface area (Å²) in [5.74, 6) is 1.52. The number of thioether (sulfide) groups is 1. The minimum Gasteiger partial charge on any atom is -0.353 e. The number of hydrogen-bond acceptors (Lipinski definition) is 5. The number of aromatic nitrogens is 3. The second-order valence-corrected chi connectivity index (χ2v) is 9.34. The number of nitrogens with one attached hydrogen (secondary N) is 1. The highest BCUT2D eigenvalue weighted by atomic mass is 32.2. The van der Waals surface area contributed by atoms with Crippen molar-refractivity contribution in [1.82, 2.24) is 20.1 Å². The summed E-state index contributed by atoms with van der Waals surface area (Å²) in [6, 6.07) is 4.93. The number of carbonyl (C=O) groups is 1. The fraction of sp³-hybridized carbons (Fsp3) is 0.650. The fourth-order valence-corrected chi connectivity index (χ4v) is 5.29. The highest BCUT2D eigenvalue weighted by molar-refractivity contribution is 7.99. The highest BCUT2D eigenvalue weighted by Gasteiger charge is 2.23. The summed E-state index contributed by atoms with van der Waals surface area (Å²) in [4.78, 5) is 13.6. The highest BCUT2D eigenvalue weighted by Crippen LogP contribution is 2.33. The quantitative estimate of drug-likeness (QED) is 0.606. The first-order chi connectivity index (χ1) is 13.2. The SMILES string of the molecule is CCC[C@H](C)NC(=O)CSc1nnc(Cc2cccs2)n1C1CCCCC1. The van der Waals surface area contributed by atoms with Crippen molar-refractivity contribution in [3.8, 4) is 0 Å². The van der Waals surface area contributed by atoms with Gasteiger partial charge in [-0.1, -0.05) is 50.4 Å². The Morgan fingerprint density at radius 3 is 2.89 bits per heavy atom. The summed E-state index contributed by atoms with van der Waals surface area (Å²) in [6.45, 7) is 4.20. The van der Waals surface area contributed by atoms with E-state index in [1.807, 2.05) is 0 Å². The Kier molecular flexibility index (Phi) is 7.76. The fourth-order valence-electron chi connectivity index (χ4n) is 3.75. The zero-order valence-corrected chi connectivity index (χ0v) is 18.0. The molecule has 2 heterocycles. The Morgan fingerprint density at radius 1 is 1.37 bits per heavy atom. The molecular weight excluding hydrogens is 376 g/mol. The van der Waals surface area contributed by atoms with E-state index in [-0.39, 0.29) is 11.9 Å². The molecule has 148 valence electrons. The first kappa shape index (κ1) is 20.4. The Balaban J connectivity index is 1.69. The average Bonchev–Trinajstić information content (AvgIpc) is 3.31. The van der Waals surface area contributed by atoms with E-state index in [0.717, 1.165) is 30.2 Å². The predicted molar refractivity (Wildman–Crippen MR) is 113 cm³/mol. The summed E-state index contributed by atoms with van der Waals surface area (Å²) in [5, 5.41) is 15.0. The zero-order chi connectivity index (χ0) is 19.1. The molecule has 1 fully saturated rings. The van der Waals surface area contributed by atoms with Crippen molar-refractivity contribution in [2.75, 3.05) is 5.75 Å². The van der Waals surface area contributed by atoms with Gasteiger partial charge in [-0.05, 0) is 37.6 Å². The van der Waals surface area contributed by atoms with Crippen LogP contribution in [0.3, 0.4) is 0 Å². The maximum absolute atomic E-state index is 12.3. The molecule has 1 saturated carbocycles. The third-order valence-electron chi connectivity index (χ3n) is 5.05. The predicted octanol–water partition coefficient (Wildman–Crippen LogP) is 4.83. The van der Waals surface area contributed by atoms with Crippen molar-refractivity contribution in [3.63, 3.8) is 0 Å². The van der Waals surface area contributed by atoms with Gasteiger partial charge in [-0.15, -0.1) is 21.5 Å². The molecule has 0 spiro atoms. The number of carbonyl (C=O) groups excluding carboxylic acids is 1. The van der Waals surface area contributed by atoms with Gasteiger partial charge in [0.1, 0.15) is 5.82 Å². The molecule has 2 aromatic rings. The van der Waals surface area contributed by atoms with E-state index in [4.69, 9.17) is 0 Å². The van der Waals surface area contributed by atoms with Gasteiger partial charge in [0.2, 0.25) is 5.91 Å². The van der Waals surface area contributed by atoms with Crippen molar-refractivity contribution in [2.45, 2.75) is 82.5 Å². The lowest BCUT2D eigenvalue weighted by molar-refractivity contribution is -0.119. The standard InChI is InChI=1S/C20H30N4OS2/c1-3-8-15(2)21-19(25)14-27-20-23-22-18(13-17-11-7-12-26-17)24(20)16-9-5-4-6-10-16/h7,11-12,15-16H,3-6,8-10,13-14H2,1-2H3,(H,21,25)/t15-/m0/s1. The maximum Gasteiger partial charge on any atom is 0.230 e. The van der Waals surface area contributed by atoms with Crippen LogP contribution in [0.1, 0.15) is 75.5 Å². The van der Waals surface area contributed by atoms with Crippen molar-refractivity contribution >= 4 is 29.0 Å². The molecule has 1 aliphatic rings. The molecule has 1 N–H and O–H groups in total. The molecule has 1 atom stereocenters. The summed E-state index contributed by atoms with van der Waals surface area (Å²) >= 11 is 3.28. The van der Waals surface area contributed by atoms with Gasteiger partial charge in [0.25, 0.3) is 0 Å². The molecule has 1 amide bonds. The molecule has 5 nitrogen and oxygen atoms in total. The van der Waals surface area contributed by atoms with Gasteiger partial charge < -0.3 is 9.88 Å². The third-order valence-corrected chi connectivity index (χ3v) is 6.87. The van der Waals surface area contributed by atoms with E-state index in [9.17, 15) is 4.79 Å². The Morgan fingerprint density at radius 2 is 2.19 bits per heavy atom. The molecule has 0 saturated heterocycles. The van der Waals surface area contributed by atoms with Crippen LogP contribution in [0.5, 0.6) is 0 Å². The van der Waals surface area contributed by atoms with Gasteiger partial charge in [0.05, 0.1) is 5.75 Å². The molecule has 3 rings (SSSR count). The third kappa shape index (κ3) is 5.82. The van der Waals surface area contributed by atoms with Gasteiger partial charge in [-0.2, -0.15) is 0 Å². The average molecular weight is 407 g/mol. The molecule has 0 unspecified atom stereocenters. The number of amides is 1. The Hall–Kier alpha value is -1.34. The van der Waals surface area contributed by atoms with Gasteiger partial charge in [-0.25, -0.2) is 0 Å². The van der Waals surface area contributed by atoms with Crippen LogP contribution in [-0.2, 0) is 11.2 Å². The molecule has 1 aliphatic carbocycles. The smallest absolute Gasteiger partial charge is 0.230 e. The monoisotopic (exact) mass is 406 g/mol. The lowest BCUT2D eigenvalue weighted by atomic mass is 9.95. The number of hydrogen-bond donors (Lipinski definition) is 1. The van der Waals surface area contributed by atoms with E-state index in [1.165, 1.54) is 48.7 Å². The van der Waals surface area contributed by atoms with Crippen LogP contribution in [0.2, 0.25) is 0 Å². The Bertz CT molecular complexity index is 708. The normalized spacial score (nSPS) is 16.4. The van der Waals surface area contributed by atoms with Gasteiger partial charge in [0, 0.05) is 23.4 Å². The molecule has 0 bridgehead atoms. The van der Waals surface area contributed by atoms with E-state index >= 15 is 0 Å². The van der Waals surface area contributed by atoms with Crippen LogP contribution in [-0.4, -0.2) is 32.5 Å². The van der Waals surface area contributed by atoms with Crippen molar-refractivity contribution in [2.24, 2.45) is 0 Å². The summed E-state index contributed by atoms with van der Waals surface area (Å²) in [5.41, 5.74) is 0. The van der Waals surface area contributed by atoms with E-state index < -0.39 is 0 Å². The van der Waals surface area contributed by atoms with Crippen LogP contribution in [0.25, 0.3) is 0 Å². The lowest BCUT2D eigenvalue weighted by Gasteiger charge is -2.25. The van der Waals surface area contributed by atoms with E-state index in [2.05, 4.69) is 51.4 Å².